The second kappa shape index (κ2) is 4.77. The summed E-state index contributed by atoms with van der Waals surface area (Å²) in [7, 11) is 0. The number of benzene rings is 2. The number of imidazole rings is 1. The fourth-order valence-corrected chi connectivity index (χ4v) is 1.98. The minimum absolute atomic E-state index is 0.525. The molecule has 0 spiro atoms. The number of rotatable bonds is 2. The van der Waals surface area contributed by atoms with Gasteiger partial charge < -0.3 is 10.7 Å². The van der Waals surface area contributed by atoms with Crippen molar-refractivity contribution in [2.45, 2.75) is 0 Å². The van der Waals surface area contributed by atoms with E-state index in [2.05, 4.69) is 9.97 Å². The molecular formula is C15H11F2N3. The van der Waals surface area contributed by atoms with E-state index in [1.807, 2.05) is 18.2 Å². The number of hydrogen-bond acceptors (Lipinski definition) is 2. The Morgan fingerprint density at radius 2 is 1.80 bits per heavy atom. The number of aromatic amines is 1. The smallest absolute Gasteiger partial charge is 0.159 e. The molecule has 0 radical (unpaired) electrons. The molecule has 3 aromatic rings. The number of aromatic nitrogens is 2. The lowest BCUT2D eigenvalue weighted by Crippen LogP contribution is -1.90. The first-order chi connectivity index (χ1) is 9.65. The maximum Gasteiger partial charge on any atom is 0.159 e. The minimum atomic E-state index is -0.891. The average molecular weight is 271 g/mol. The van der Waals surface area contributed by atoms with Crippen LogP contribution in [0.3, 0.4) is 0 Å². The number of nitrogen functional groups attached to an aromatic ring is 1. The fourth-order valence-electron chi connectivity index (χ4n) is 1.98. The summed E-state index contributed by atoms with van der Waals surface area (Å²) in [5.41, 5.74) is 8.36. The summed E-state index contributed by atoms with van der Waals surface area (Å²) < 4.78 is 26.1. The molecule has 3 nitrogen and oxygen atoms in total. The van der Waals surface area contributed by atoms with Crippen LogP contribution in [0.5, 0.6) is 0 Å². The number of H-pyrrole nitrogens is 1. The van der Waals surface area contributed by atoms with Crippen molar-refractivity contribution in [2.75, 3.05) is 5.73 Å². The SMILES string of the molecule is Nc1ccccc1-c1ncc(-c2ccc(F)c(F)c2)[nH]1. The normalized spacial score (nSPS) is 10.7. The van der Waals surface area contributed by atoms with Gasteiger partial charge in [0.1, 0.15) is 5.82 Å². The van der Waals surface area contributed by atoms with E-state index in [0.29, 0.717) is 22.8 Å². The van der Waals surface area contributed by atoms with Crippen molar-refractivity contribution >= 4 is 5.69 Å². The molecular weight excluding hydrogens is 260 g/mol. The highest BCUT2D eigenvalue weighted by atomic mass is 19.2. The molecule has 100 valence electrons. The molecule has 0 saturated carbocycles. The molecule has 5 heteroatoms. The van der Waals surface area contributed by atoms with Crippen LogP contribution in [0.2, 0.25) is 0 Å². The summed E-state index contributed by atoms with van der Waals surface area (Å²) in [4.78, 5) is 7.28. The van der Waals surface area contributed by atoms with Gasteiger partial charge in [0.25, 0.3) is 0 Å². The summed E-state index contributed by atoms with van der Waals surface area (Å²) >= 11 is 0. The molecule has 0 fully saturated rings. The zero-order valence-electron chi connectivity index (χ0n) is 10.4. The first-order valence-corrected chi connectivity index (χ1v) is 6.00. The Labute approximate surface area is 114 Å². The number of nitrogens with one attached hydrogen (secondary N) is 1. The van der Waals surface area contributed by atoms with Gasteiger partial charge in [0.05, 0.1) is 11.9 Å². The zero-order valence-corrected chi connectivity index (χ0v) is 10.4. The zero-order chi connectivity index (χ0) is 14.1. The lowest BCUT2D eigenvalue weighted by atomic mass is 10.1. The predicted octanol–water partition coefficient (Wildman–Crippen LogP) is 3.60. The van der Waals surface area contributed by atoms with Crippen LogP contribution >= 0.6 is 0 Å². The molecule has 2 aromatic carbocycles. The molecule has 0 saturated heterocycles. The van der Waals surface area contributed by atoms with E-state index < -0.39 is 11.6 Å². The molecule has 0 aliphatic carbocycles. The Bertz CT molecular complexity index is 765. The van der Waals surface area contributed by atoms with Gasteiger partial charge in [0.2, 0.25) is 0 Å². The highest BCUT2D eigenvalue weighted by Gasteiger charge is 2.09. The van der Waals surface area contributed by atoms with E-state index >= 15 is 0 Å². The van der Waals surface area contributed by atoms with Gasteiger partial charge in [-0.2, -0.15) is 0 Å². The van der Waals surface area contributed by atoms with Gasteiger partial charge in [0, 0.05) is 16.8 Å². The molecule has 3 N–H and O–H groups in total. The molecule has 0 aliphatic rings. The van der Waals surface area contributed by atoms with Crippen molar-refractivity contribution in [3.05, 3.63) is 60.3 Å². The summed E-state index contributed by atoms with van der Waals surface area (Å²) in [6.07, 6.45) is 1.56. The third-order valence-electron chi connectivity index (χ3n) is 3.02. The monoisotopic (exact) mass is 271 g/mol. The molecule has 0 bridgehead atoms. The number of hydrogen-bond donors (Lipinski definition) is 2. The largest absolute Gasteiger partial charge is 0.398 e. The topological polar surface area (TPSA) is 54.7 Å². The minimum Gasteiger partial charge on any atom is -0.398 e. The Hall–Kier alpha value is -2.69. The molecule has 1 aromatic heterocycles. The first-order valence-electron chi connectivity index (χ1n) is 6.00. The third kappa shape index (κ3) is 2.14. The van der Waals surface area contributed by atoms with Gasteiger partial charge in [-0.3, -0.25) is 0 Å². The molecule has 0 aliphatic heterocycles. The van der Waals surface area contributed by atoms with Crippen molar-refractivity contribution in [3.8, 4) is 22.6 Å². The van der Waals surface area contributed by atoms with Crippen molar-refractivity contribution in [1.29, 1.82) is 0 Å². The number of halogens is 2. The van der Waals surface area contributed by atoms with Crippen LogP contribution in [-0.2, 0) is 0 Å². The molecule has 0 amide bonds. The van der Waals surface area contributed by atoms with Crippen molar-refractivity contribution in [2.24, 2.45) is 0 Å². The first kappa shape index (κ1) is 12.3. The second-order valence-electron chi connectivity index (χ2n) is 4.36. The maximum atomic E-state index is 13.2. The summed E-state index contributed by atoms with van der Waals surface area (Å²) in [5, 5.41) is 0. The number of nitrogens with zero attached hydrogens (tertiary/aromatic N) is 1. The van der Waals surface area contributed by atoms with Crippen LogP contribution in [-0.4, -0.2) is 9.97 Å². The van der Waals surface area contributed by atoms with E-state index in [1.54, 1.807) is 12.3 Å². The van der Waals surface area contributed by atoms with Crippen LogP contribution in [0.25, 0.3) is 22.6 Å². The van der Waals surface area contributed by atoms with E-state index in [4.69, 9.17) is 5.73 Å². The highest BCUT2D eigenvalue weighted by molar-refractivity contribution is 5.73. The Balaban J connectivity index is 2.02. The number of anilines is 1. The molecule has 3 rings (SSSR count). The van der Waals surface area contributed by atoms with Crippen LogP contribution in [0.1, 0.15) is 0 Å². The summed E-state index contributed by atoms with van der Waals surface area (Å²) in [6, 6.07) is 11.0. The van der Waals surface area contributed by atoms with Gasteiger partial charge >= 0.3 is 0 Å². The van der Waals surface area contributed by atoms with Gasteiger partial charge in [-0.1, -0.05) is 12.1 Å². The molecule has 20 heavy (non-hydrogen) atoms. The maximum absolute atomic E-state index is 13.2. The van der Waals surface area contributed by atoms with E-state index in [9.17, 15) is 8.78 Å². The number of nitrogens with two attached hydrogens (primary N) is 1. The van der Waals surface area contributed by atoms with Crippen LogP contribution in [0.4, 0.5) is 14.5 Å². The predicted molar refractivity (Wildman–Crippen MR) is 73.8 cm³/mol. The van der Waals surface area contributed by atoms with Gasteiger partial charge in [-0.15, -0.1) is 0 Å². The highest BCUT2D eigenvalue weighted by Crippen LogP contribution is 2.26. The Morgan fingerprint density at radius 1 is 1.00 bits per heavy atom. The van der Waals surface area contributed by atoms with E-state index in [1.165, 1.54) is 6.07 Å². The lowest BCUT2D eigenvalue weighted by molar-refractivity contribution is 0.509. The van der Waals surface area contributed by atoms with Crippen molar-refractivity contribution in [1.82, 2.24) is 9.97 Å². The molecule has 1 heterocycles. The van der Waals surface area contributed by atoms with Crippen molar-refractivity contribution in [3.63, 3.8) is 0 Å². The standard InChI is InChI=1S/C15H11F2N3/c16-11-6-5-9(7-12(11)17)14-8-19-15(20-14)10-3-1-2-4-13(10)18/h1-8H,18H2,(H,19,20). The van der Waals surface area contributed by atoms with Crippen molar-refractivity contribution < 1.29 is 8.78 Å². The van der Waals surface area contributed by atoms with E-state index in [-0.39, 0.29) is 0 Å². The Kier molecular flexibility index (Phi) is 2.95. The Morgan fingerprint density at radius 3 is 2.55 bits per heavy atom. The summed E-state index contributed by atoms with van der Waals surface area (Å²) in [5.74, 6) is -1.18. The lowest BCUT2D eigenvalue weighted by Gasteiger charge is -2.01. The van der Waals surface area contributed by atoms with E-state index in [0.717, 1.165) is 17.7 Å². The van der Waals surface area contributed by atoms with Crippen LogP contribution in [0.15, 0.2) is 48.7 Å². The quantitative estimate of drug-likeness (QED) is 0.700. The molecule has 0 atom stereocenters. The molecule has 0 unspecified atom stereocenters. The van der Waals surface area contributed by atoms with Gasteiger partial charge in [-0.05, 0) is 30.3 Å². The average Bonchev–Trinajstić information content (AvgIpc) is 2.92. The second-order valence-corrected chi connectivity index (χ2v) is 4.36. The fraction of sp³-hybridized carbons (Fsp3) is 0. The van der Waals surface area contributed by atoms with Crippen LogP contribution < -0.4 is 5.73 Å². The number of para-hydroxylation sites is 1. The van der Waals surface area contributed by atoms with Crippen LogP contribution in [0, 0.1) is 11.6 Å². The van der Waals surface area contributed by atoms with Gasteiger partial charge in [0.15, 0.2) is 11.6 Å². The van der Waals surface area contributed by atoms with Gasteiger partial charge in [-0.25, -0.2) is 13.8 Å². The summed E-state index contributed by atoms with van der Waals surface area (Å²) in [6.45, 7) is 0. The third-order valence-corrected chi connectivity index (χ3v) is 3.02.